The monoisotopic (exact) mass is 392 g/mol. The van der Waals surface area contributed by atoms with Crippen LogP contribution in [0.4, 0.5) is 5.69 Å². The van der Waals surface area contributed by atoms with Crippen molar-refractivity contribution in [1.82, 2.24) is 4.90 Å². The number of hydrogen-bond acceptors (Lipinski definition) is 4. The van der Waals surface area contributed by atoms with Crippen LogP contribution in [0.5, 0.6) is 5.75 Å². The topological polar surface area (TPSA) is 58.6 Å². The maximum atomic E-state index is 13.2. The molecule has 0 atom stereocenters. The summed E-state index contributed by atoms with van der Waals surface area (Å²) in [5.74, 6) is 0.352. The van der Waals surface area contributed by atoms with Gasteiger partial charge in [0.15, 0.2) is 0 Å². The van der Waals surface area contributed by atoms with Crippen molar-refractivity contribution in [3.8, 4) is 5.75 Å². The highest BCUT2D eigenvalue weighted by molar-refractivity contribution is 6.36. The predicted molar refractivity (Wildman–Crippen MR) is 116 cm³/mol. The summed E-state index contributed by atoms with van der Waals surface area (Å²) in [6.07, 6.45) is 0. The Kier molecular flexibility index (Phi) is 6.06. The van der Waals surface area contributed by atoms with E-state index in [1.165, 1.54) is 4.90 Å². The molecule has 0 saturated heterocycles. The third kappa shape index (κ3) is 4.34. The minimum Gasteiger partial charge on any atom is -0.494 e. The smallest absolute Gasteiger partial charge is 0.278 e. The van der Waals surface area contributed by atoms with Gasteiger partial charge in [-0.25, -0.2) is 0 Å². The second-order valence-corrected chi connectivity index (χ2v) is 7.77. The summed E-state index contributed by atoms with van der Waals surface area (Å²) in [5.41, 5.74) is 4.31. The molecule has 29 heavy (non-hydrogen) atoms. The van der Waals surface area contributed by atoms with Crippen molar-refractivity contribution >= 4 is 23.1 Å². The van der Waals surface area contributed by atoms with Gasteiger partial charge in [0.1, 0.15) is 11.4 Å². The lowest BCUT2D eigenvalue weighted by Gasteiger charge is -2.17. The van der Waals surface area contributed by atoms with Crippen molar-refractivity contribution in [1.29, 1.82) is 0 Å². The molecule has 0 aliphatic carbocycles. The van der Waals surface area contributed by atoms with Gasteiger partial charge >= 0.3 is 0 Å². The van der Waals surface area contributed by atoms with Crippen LogP contribution in [0.3, 0.4) is 0 Å². The van der Waals surface area contributed by atoms with E-state index in [2.05, 4.69) is 5.32 Å². The number of imide groups is 1. The molecule has 0 bridgehead atoms. The van der Waals surface area contributed by atoms with Gasteiger partial charge in [0.25, 0.3) is 11.8 Å². The number of anilines is 1. The first kappa shape index (κ1) is 20.6. The average molecular weight is 392 g/mol. The number of benzene rings is 2. The Morgan fingerprint density at radius 2 is 1.79 bits per heavy atom. The first-order chi connectivity index (χ1) is 13.8. The molecular weight excluding hydrogens is 364 g/mol. The molecule has 2 aromatic carbocycles. The second-order valence-electron chi connectivity index (χ2n) is 7.77. The molecule has 1 aliphatic heterocycles. The molecule has 1 heterocycles. The fraction of sp³-hybridized carbons (Fsp3) is 0.333. The van der Waals surface area contributed by atoms with E-state index in [0.29, 0.717) is 35.9 Å². The number of amides is 2. The number of rotatable bonds is 7. The highest BCUT2D eigenvalue weighted by atomic mass is 16.5. The first-order valence-corrected chi connectivity index (χ1v) is 9.99. The zero-order chi connectivity index (χ0) is 21.1. The van der Waals surface area contributed by atoms with E-state index in [9.17, 15) is 9.59 Å². The average Bonchev–Trinajstić information content (AvgIpc) is 2.87. The van der Waals surface area contributed by atoms with Gasteiger partial charge in [0.2, 0.25) is 0 Å². The summed E-state index contributed by atoms with van der Waals surface area (Å²) in [5, 5.41) is 3.20. The van der Waals surface area contributed by atoms with Gasteiger partial charge in [0, 0.05) is 18.3 Å². The normalized spacial score (nSPS) is 14.2. The van der Waals surface area contributed by atoms with Crippen LogP contribution in [-0.4, -0.2) is 29.9 Å². The van der Waals surface area contributed by atoms with Crippen molar-refractivity contribution in [2.75, 3.05) is 18.5 Å². The van der Waals surface area contributed by atoms with Crippen LogP contribution in [0, 0.1) is 19.8 Å². The number of ether oxygens (including phenoxy) is 1. The van der Waals surface area contributed by atoms with Crippen molar-refractivity contribution in [2.24, 2.45) is 5.92 Å². The van der Waals surface area contributed by atoms with Gasteiger partial charge in [0.05, 0.1) is 12.2 Å². The Morgan fingerprint density at radius 1 is 1.03 bits per heavy atom. The van der Waals surface area contributed by atoms with Crippen LogP contribution in [0.15, 0.2) is 48.2 Å². The Balaban J connectivity index is 2.08. The van der Waals surface area contributed by atoms with Crippen LogP contribution in [0.25, 0.3) is 5.57 Å². The lowest BCUT2D eigenvalue weighted by Crippen LogP contribution is -2.35. The van der Waals surface area contributed by atoms with Crippen LogP contribution < -0.4 is 10.1 Å². The van der Waals surface area contributed by atoms with E-state index in [1.54, 1.807) is 0 Å². The lowest BCUT2D eigenvalue weighted by atomic mass is 9.97. The molecule has 2 aromatic rings. The Hall–Kier alpha value is -3.08. The van der Waals surface area contributed by atoms with E-state index in [0.717, 1.165) is 16.7 Å². The van der Waals surface area contributed by atoms with E-state index < -0.39 is 0 Å². The zero-order valence-corrected chi connectivity index (χ0v) is 17.7. The number of hydrogen-bond donors (Lipinski definition) is 1. The van der Waals surface area contributed by atoms with E-state index >= 15 is 0 Å². The zero-order valence-electron chi connectivity index (χ0n) is 17.7. The SMILES string of the molecule is CCOc1cccc(NC2=C(c3ccc(C)cc3C)C(=O)N(CC(C)C)C2=O)c1. The fourth-order valence-electron chi connectivity index (χ4n) is 3.54. The number of carbonyl (C=O) groups is 2. The molecule has 0 aromatic heterocycles. The maximum Gasteiger partial charge on any atom is 0.278 e. The van der Waals surface area contributed by atoms with Crippen molar-refractivity contribution in [3.05, 3.63) is 64.9 Å². The maximum absolute atomic E-state index is 13.2. The Morgan fingerprint density at radius 3 is 2.45 bits per heavy atom. The minimum absolute atomic E-state index is 0.184. The van der Waals surface area contributed by atoms with Crippen LogP contribution in [0.2, 0.25) is 0 Å². The lowest BCUT2D eigenvalue weighted by molar-refractivity contribution is -0.137. The molecule has 1 aliphatic rings. The predicted octanol–water partition coefficient (Wildman–Crippen LogP) is 4.55. The summed E-state index contributed by atoms with van der Waals surface area (Å²) in [6.45, 7) is 10.8. The van der Waals surface area contributed by atoms with Gasteiger partial charge in [-0.1, -0.05) is 43.7 Å². The van der Waals surface area contributed by atoms with Crippen molar-refractivity contribution in [3.63, 3.8) is 0 Å². The molecule has 0 spiro atoms. The van der Waals surface area contributed by atoms with Gasteiger partial charge in [-0.2, -0.15) is 0 Å². The number of carbonyl (C=O) groups excluding carboxylic acids is 2. The molecule has 1 N–H and O–H groups in total. The quantitative estimate of drug-likeness (QED) is 0.702. The summed E-state index contributed by atoms with van der Waals surface area (Å²) >= 11 is 0. The van der Waals surface area contributed by atoms with E-state index in [4.69, 9.17) is 4.74 Å². The third-order valence-electron chi connectivity index (χ3n) is 4.78. The molecule has 2 amide bonds. The number of aryl methyl sites for hydroxylation is 2. The number of nitrogens with zero attached hydrogens (tertiary/aromatic N) is 1. The van der Waals surface area contributed by atoms with E-state index in [1.807, 2.05) is 77.1 Å². The first-order valence-electron chi connectivity index (χ1n) is 9.99. The summed E-state index contributed by atoms with van der Waals surface area (Å²) in [7, 11) is 0. The highest BCUT2D eigenvalue weighted by Gasteiger charge is 2.39. The third-order valence-corrected chi connectivity index (χ3v) is 4.78. The van der Waals surface area contributed by atoms with Crippen molar-refractivity contribution in [2.45, 2.75) is 34.6 Å². The molecule has 0 radical (unpaired) electrons. The summed E-state index contributed by atoms with van der Waals surface area (Å²) < 4.78 is 5.56. The second kappa shape index (κ2) is 8.52. The van der Waals surface area contributed by atoms with E-state index in [-0.39, 0.29) is 17.7 Å². The Bertz CT molecular complexity index is 976. The van der Waals surface area contributed by atoms with Crippen LogP contribution in [-0.2, 0) is 9.59 Å². The standard InChI is InChI=1S/C24H28N2O3/c1-6-29-19-9-7-8-18(13-19)25-22-21(20-11-10-16(4)12-17(20)5)23(27)26(24(22)28)14-15(2)3/h7-13,15,25H,6,14H2,1-5H3. The van der Waals surface area contributed by atoms with Gasteiger partial charge in [-0.05, 0) is 49.9 Å². The van der Waals surface area contributed by atoms with Gasteiger partial charge in [-0.3, -0.25) is 14.5 Å². The molecule has 5 heteroatoms. The Labute approximate surface area is 172 Å². The molecule has 0 saturated carbocycles. The van der Waals surface area contributed by atoms with Gasteiger partial charge in [-0.15, -0.1) is 0 Å². The minimum atomic E-state index is -0.291. The molecule has 0 unspecified atom stereocenters. The number of nitrogens with one attached hydrogen (secondary N) is 1. The molecule has 152 valence electrons. The highest BCUT2D eigenvalue weighted by Crippen LogP contribution is 2.33. The van der Waals surface area contributed by atoms with Crippen LogP contribution in [0.1, 0.15) is 37.5 Å². The summed E-state index contributed by atoms with van der Waals surface area (Å²) in [6, 6.07) is 13.3. The van der Waals surface area contributed by atoms with Crippen LogP contribution >= 0.6 is 0 Å². The fourth-order valence-corrected chi connectivity index (χ4v) is 3.54. The van der Waals surface area contributed by atoms with Crippen molar-refractivity contribution < 1.29 is 14.3 Å². The molecule has 3 rings (SSSR count). The largest absolute Gasteiger partial charge is 0.494 e. The summed E-state index contributed by atoms with van der Waals surface area (Å²) in [4.78, 5) is 27.8. The molecular formula is C24H28N2O3. The molecule has 5 nitrogen and oxygen atoms in total. The molecule has 0 fully saturated rings. The van der Waals surface area contributed by atoms with Gasteiger partial charge < -0.3 is 10.1 Å².